The molecule has 1 heterocycles. The summed E-state index contributed by atoms with van der Waals surface area (Å²) >= 11 is 3.09. The van der Waals surface area contributed by atoms with Crippen molar-refractivity contribution in [2.24, 2.45) is 0 Å². The molecule has 0 unspecified atom stereocenters. The number of halogens is 2. The Labute approximate surface area is 128 Å². The third-order valence-electron chi connectivity index (χ3n) is 2.48. The number of benzene rings is 1. The number of aromatic nitrogens is 1. The summed E-state index contributed by atoms with van der Waals surface area (Å²) in [6.45, 7) is 0. The van der Waals surface area contributed by atoms with Gasteiger partial charge in [-0.3, -0.25) is 4.72 Å². The van der Waals surface area contributed by atoms with Gasteiger partial charge in [0, 0.05) is 10.7 Å². The lowest BCUT2D eigenvalue weighted by Crippen LogP contribution is -2.16. The second kappa shape index (κ2) is 5.67. The van der Waals surface area contributed by atoms with Gasteiger partial charge in [0.1, 0.15) is 16.5 Å². The van der Waals surface area contributed by atoms with Gasteiger partial charge in [-0.05, 0) is 40.2 Å². The highest BCUT2D eigenvalue weighted by Crippen LogP contribution is 2.24. The fraction of sp³-hybridized carbons (Fsp3) is 0. The molecular formula is C12H8BrFN4O2S. The van der Waals surface area contributed by atoms with Gasteiger partial charge in [0.2, 0.25) is 0 Å². The van der Waals surface area contributed by atoms with Crippen molar-refractivity contribution in [2.45, 2.75) is 4.90 Å². The molecule has 108 valence electrons. The van der Waals surface area contributed by atoms with Crippen LogP contribution in [-0.2, 0) is 10.0 Å². The van der Waals surface area contributed by atoms with Crippen molar-refractivity contribution in [1.82, 2.24) is 4.98 Å². The number of pyridine rings is 1. The van der Waals surface area contributed by atoms with E-state index in [1.165, 1.54) is 18.3 Å². The Morgan fingerprint density at radius 1 is 1.38 bits per heavy atom. The van der Waals surface area contributed by atoms with Crippen LogP contribution in [0.3, 0.4) is 0 Å². The largest absolute Gasteiger partial charge is 0.383 e. The Bertz CT molecular complexity index is 849. The second-order valence-corrected chi connectivity index (χ2v) is 6.52. The van der Waals surface area contributed by atoms with Crippen molar-refractivity contribution >= 4 is 37.5 Å². The average Bonchev–Trinajstić information content (AvgIpc) is 2.43. The maximum absolute atomic E-state index is 13.7. The molecule has 21 heavy (non-hydrogen) atoms. The summed E-state index contributed by atoms with van der Waals surface area (Å²) in [6, 6.07) is 6.39. The van der Waals surface area contributed by atoms with Crippen molar-refractivity contribution in [2.75, 3.05) is 10.5 Å². The van der Waals surface area contributed by atoms with Crippen LogP contribution in [0.5, 0.6) is 0 Å². The number of rotatable bonds is 3. The van der Waals surface area contributed by atoms with E-state index in [-0.39, 0.29) is 22.0 Å². The summed E-state index contributed by atoms with van der Waals surface area (Å²) in [5, 5.41) is 8.65. The zero-order valence-electron chi connectivity index (χ0n) is 10.3. The molecule has 0 aliphatic carbocycles. The Morgan fingerprint density at radius 3 is 2.71 bits per heavy atom. The van der Waals surface area contributed by atoms with Gasteiger partial charge in [0.05, 0.1) is 17.3 Å². The first-order chi connectivity index (χ1) is 9.83. The van der Waals surface area contributed by atoms with Crippen molar-refractivity contribution in [1.29, 1.82) is 5.26 Å². The van der Waals surface area contributed by atoms with E-state index in [4.69, 9.17) is 11.0 Å². The van der Waals surface area contributed by atoms with Gasteiger partial charge < -0.3 is 5.73 Å². The third kappa shape index (κ3) is 3.29. The molecule has 3 N–H and O–H groups in total. The summed E-state index contributed by atoms with van der Waals surface area (Å²) in [6.07, 6.45) is 1.34. The summed E-state index contributed by atoms with van der Waals surface area (Å²) in [5.74, 6) is -1.07. The zero-order valence-corrected chi connectivity index (χ0v) is 12.7. The van der Waals surface area contributed by atoms with Crippen LogP contribution in [-0.4, -0.2) is 13.4 Å². The first-order valence-corrected chi connectivity index (χ1v) is 7.74. The number of sulfonamides is 1. The summed E-state index contributed by atoms with van der Waals surface area (Å²) in [4.78, 5) is 3.43. The molecule has 2 rings (SSSR count). The highest BCUT2D eigenvalue weighted by Gasteiger charge is 2.20. The first-order valence-electron chi connectivity index (χ1n) is 5.47. The maximum atomic E-state index is 13.7. The van der Waals surface area contributed by atoms with Gasteiger partial charge in [0.25, 0.3) is 10.0 Å². The molecule has 0 atom stereocenters. The molecule has 0 aliphatic rings. The van der Waals surface area contributed by atoms with Gasteiger partial charge >= 0.3 is 0 Å². The van der Waals surface area contributed by atoms with E-state index in [9.17, 15) is 12.8 Å². The molecule has 0 radical (unpaired) electrons. The van der Waals surface area contributed by atoms with E-state index in [0.29, 0.717) is 4.47 Å². The Balaban J connectivity index is 2.43. The fourth-order valence-electron chi connectivity index (χ4n) is 1.51. The molecule has 0 fully saturated rings. The molecule has 0 amide bonds. The zero-order chi connectivity index (χ0) is 15.6. The van der Waals surface area contributed by atoms with Crippen LogP contribution in [0.25, 0.3) is 0 Å². The van der Waals surface area contributed by atoms with Crippen molar-refractivity contribution in [3.8, 4) is 6.07 Å². The quantitative estimate of drug-likeness (QED) is 0.860. The Kier molecular flexibility index (Phi) is 4.11. The normalized spacial score (nSPS) is 10.9. The fourth-order valence-corrected chi connectivity index (χ4v) is 3.17. The SMILES string of the molecule is N#Cc1ccc(NS(=O)(=O)c2cc(Br)cnc2N)c(F)c1. The number of anilines is 2. The summed E-state index contributed by atoms with van der Waals surface area (Å²) in [7, 11) is -4.10. The van der Waals surface area contributed by atoms with Crippen LogP contribution in [0.2, 0.25) is 0 Å². The smallest absolute Gasteiger partial charge is 0.265 e. The minimum Gasteiger partial charge on any atom is -0.383 e. The third-order valence-corrected chi connectivity index (χ3v) is 4.31. The molecule has 0 spiro atoms. The predicted molar refractivity (Wildman–Crippen MR) is 78.3 cm³/mol. The maximum Gasteiger partial charge on any atom is 0.265 e. The minimum atomic E-state index is -4.10. The van der Waals surface area contributed by atoms with Gasteiger partial charge in [-0.25, -0.2) is 17.8 Å². The van der Waals surface area contributed by atoms with Gasteiger partial charge in [0.15, 0.2) is 0 Å². The molecule has 0 bridgehead atoms. The summed E-state index contributed by atoms with van der Waals surface area (Å²) < 4.78 is 40.6. The highest BCUT2D eigenvalue weighted by molar-refractivity contribution is 9.10. The number of hydrogen-bond donors (Lipinski definition) is 2. The van der Waals surface area contributed by atoms with E-state index in [0.717, 1.165) is 12.1 Å². The standard InChI is InChI=1S/C12H8BrFN4O2S/c13-8-4-11(12(16)17-6-8)21(19,20)18-10-2-1-7(5-15)3-9(10)14/h1-4,6,18H,(H2,16,17). The van der Waals surface area contributed by atoms with Crippen LogP contribution in [0.1, 0.15) is 5.56 Å². The molecule has 1 aromatic carbocycles. The number of nitrogens with two attached hydrogens (primary N) is 1. The Morgan fingerprint density at radius 2 is 2.10 bits per heavy atom. The molecule has 1 aromatic heterocycles. The van der Waals surface area contributed by atoms with Crippen LogP contribution >= 0.6 is 15.9 Å². The van der Waals surface area contributed by atoms with E-state index >= 15 is 0 Å². The van der Waals surface area contributed by atoms with E-state index < -0.39 is 15.8 Å². The highest BCUT2D eigenvalue weighted by atomic mass is 79.9. The number of nitrogen functional groups attached to an aromatic ring is 1. The molecule has 9 heteroatoms. The van der Waals surface area contributed by atoms with Gasteiger partial charge in [-0.15, -0.1) is 0 Å². The van der Waals surface area contributed by atoms with Crippen molar-refractivity contribution < 1.29 is 12.8 Å². The topological polar surface area (TPSA) is 109 Å². The molecule has 6 nitrogen and oxygen atoms in total. The predicted octanol–water partition coefficient (Wildman–Crippen LogP) is 2.24. The summed E-state index contributed by atoms with van der Waals surface area (Å²) in [5.41, 5.74) is 5.32. The lowest BCUT2D eigenvalue weighted by Gasteiger charge is -2.10. The minimum absolute atomic E-state index is 0.0825. The van der Waals surface area contributed by atoms with Gasteiger partial charge in [-0.2, -0.15) is 5.26 Å². The molecule has 0 saturated heterocycles. The van der Waals surface area contributed by atoms with Crippen LogP contribution in [0, 0.1) is 17.1 Å². The second-order valence-electron chi connectivity index (χ2n) is 3.95. The van der Waals surface area contributed by atoms with Crippen LogP contribution in [0.4, 0.5) is 15.9 Å². The lowest BCUT2D eigenvalue weighted by atomic mass is 10.2. The number of nitriles is 1. The molecule has 0 saturated carbocycles. The molecular weight excluding hydrogens is 363 g/mol. The first kappa shape index (κ1) is 15.2. The molecule has 0 aliphatic heterocycles. The van der Waals surface area contributed by atoms with Crippen molar-refractivity contribution in [3.05, 3.63) is 46.3 Å². The van der Waals surface area contributed by atoms with Crippen LogP contribution < -0.4 is 10.5 Å². The van der Waals surface area contributed by atoms with E-state index in [1.807, 2.05) is 0 Å². The van der Waals surface area contributed by atoms with Crippen molar-refractivity contribution in [3.63, 3.8) is 0 Å². The lowest BCUT2D eigenvalue weighted by molar-refractivity contribution is 0.598. The number of nitrogens with one attached hydrogen (secondary N) is 1. The van der Waals surface area contributed by atoms with Gasteiger partial charge in [-0.1, -0.05) is 0 Å². The van der Waals surface area contributed by atoms with E-state index in [2.05, 4.69) is 25.6 Å². The average molecular weight is 371 g/mol. The number of hydrogen-bond acceptors (Lipinski definition) is 5. The Hall–Kier alpha value is -2.18. The monoisotopic (exact) mass is 370 g/mol. The van der Waals surface area contributed by atoms with E-state index in [1.54, 1.807) is 6.07 Å². The molecule has 2 aromatic rings. The number of nitrogens with zero attached hydrogens (tertiary/aromatic N) is 2. The van der Waals surface area contributed by atoms with Crippen LogP contribution in [0.15, 0.2) is 39.8 Å².